The van der Waals surface area contributed by atoms with Crippen molar-refractivity contribution >= 4 is 17.8 Å². The fourth-order valence-corrected chi connectivity index (χ4v) is 2.28. The number of aliphatic carboxylic acids is 1. The first-order chi connectivity index (χ1) is 11.2. The van der Waals surface area contributed by atoms with Crippen LogP contribution in [0.5, 0.6) is 0 Å². The zero-order chi connectivity index (χ0) is 18.3. The average molecular weight is 338 g/mol. The second-order valence-electron chi connectivity index (χ2n) is 6.11. The average Bonchev–Trinajstić information content (AvgIpc) is 2.46. The van der Waals surface area contributed by atoms with Gasteiger partial charge in [0.1, 0.15) is 17.9 Å². The second-order valence-corrected chi connectivity index (χ2v) is 6.11. The highest BCUT2D eigenvalue weighted by Gasteiger charge is 2.26. The smallest absolute Gasteiger partial charge is 0.326 e. The van der Waals surface area contributed by atoms with Crippen LogP contribution < -0.4 is 10.6 Å². The lowest BCUT2D eigenvalue weighted by atomic mass is 10.0. The summed E-state index contributed by atoms with van der Waals surface area (Å²) in [7, 11) is 0. The molecule has 0 unspecified atom stereocenters. The maximum atomic E-state index is 12.9. The molecule has 24 heavy (non-hydrogen) atoms. The Kier molecular flexibility index (Phi) is 7.35. The number of benzene rings is 1. The SMILES string of the molecule is CC(=O)N[C@@H](CC(C)C)C(=O)N[C@@H](Cc1ccc(F)cc1)C(=O)O. The lowest BCUT2D eigenvalue weighted by molar-refractivity contribution is -0.142. The molecule has 2 atom stereocenters. The molecular weight excluding hydrogens is 315 g/mol. The molecule has 0 aliphatic carbocycles. The molecule has 0 spiro atoms. The summed E-state index contributed by atoms with van der Waals surface area (Å²) in [6.07, 6.45) is 0.421. The van der Waals surface area contributed by atoms with E-state index in [1.54, 1.807) is 0 Å². The van der Waals surface area contributed by atoms with Crippen molar-refractivity contribution in [2.75, 3.05) is 0 Å². The lowest BCUT2D eigenvalue weighted by Gasteiger charge is -2.22. The Morgan fingerprint density at radius 1 is 1.08 bits per heavy atom. The Hall–Kier alpha value is -2.44. The molecule has 0 aliphatic heterocycles. The standard InChI is InChI=1S/C17H23FN2O4/c1-10(2)8-14(19-11(3)21)16(22)20-15(17(23)24)9-12-4-6-13(18)7-5-12/h4-7,10,14-15H,8-9H2,1-3H3,(H,19,21)(H,20,22)(H,23,24)/t14-,15-/m0/s1. The second kappa shape index (κ2) is 9.00. The summed E-state index contributed by atoms with van der Waals surface area (Å²) in [5.41, 5.74) is 0.587. The zero-order valence-electron chi connectivity index (χ0n) is 14.0. The first-order valence-corrected chi connectivity index (χ1v) is 7.73. The zero-order valence-corrected chi connectivity index (χ0v) is 14.0. The maximum Gasteiger partial charge on any atom is 0.326 e. The molecule has 0 aliphatic rings. The third-order valence-electron chi connectivity index (χ3n) is 3.37. The van der Waals surface area contributed by atoms with Gasteiger partial charge in [-0.25, -0.2) is 9.18 Å². The molecule has 7 heteroatoms. The number of hydrogen-bond acceptors (Lipinski definition) is 3. The first kappa shape index (κ1) is 19.6. The van der Waals surface area contributed by atoms with Crippen molar-refractivity contribution < 1.29 is 23.9 Å². The molecule has 0 saturated heterocycles. The van der Waals surface area contributed by atoms with E-state index in [1.807, 2.05) is 13.8 Å². The fourth-order valence-electron chi connectivity index (χ4n) is 2.28. The van der Waals surface area contributed by atoms with E-state index in [1.165, 1.54) is 31.2 Å². The van der Waals surface area contributed by atoms with Gasteiger partial charge in [0.25, 0.3) is 0 Å². The molecule has 132 valence electrons. The molecule has 2 amide bonds. The fraction of sp³-hybridized carbons (Fsp3) is 0.471. The Bertz CT molecular complexity index is 587. The summed E-state index contributed by atoms with van der Waals surface area (Å²) in [6.45, 7) is 5.10. The van der Waals surface area contributed by atoms with Crippen molar-refractivity contribution in [3.05, 3.63) is 35.6 Å². The molecule has 0 bridgehead atoms. The number of nitrogens with one attached hydrogen (secondary N) is 2. The van der Waals surface area contributed by atoms with Crippen molar-refractivity contribution in [3.8, 4) is 0 Å². The van der Waals surface area contributed by atoms with Crippen LogP contribution in [0.25, 0.3) is 0 Å². The summed E-state index contributed by atoms with van der Waals surface area (Å²) in [6, 6.07) is 3.45. The minimum Gasteiger partial charge on any atom is -0.480 e. The lowest BCUT2D eigenvalue weighted by Crippen LogP contribution is -2.52. The molecule has 0 fully saturated rings. The molecule has 0 radical (unpaired) electrons. The highest BCUT2D eigenvalue weighted by atomic mass is 19.1. The van der Waals surface area contributed by atoms with Gasteiger partial charge in [0.05, 0.1) is 0 Å². The van der Waals surface area contributed by atoms with Crippen LogP contribution >= 0.6 is 0 Å². The van der Waals surface area contributed by atoms with E-state index < -0.39 is 29.8 Å². The van der Waals surface area contributed by atoms with Gasteiger partial charge in [0, 0.05) is 13.3 Å². The minimum atomic E-state index is -1.20. The van der Waals surface area contributed by atoms with Crippen molar-refractivity contribution in [1.82, 2.24) is 10.6 Å². The molecule has 0 saturated carbocycles. The highest BCUT2D eigenvalue weighted by molar-refractivity contribution is 5.90. The van der Waals surface area contributed by atoms with Gasteiger partial charge in [-0.2, -0.15) is 0 Å². The van der Waals surface area contributed by atoms with Crippen molar-refractivity contribution in [2.24, 2.45) is 5.92 Å². The molecule has 3 N–H and O–H groups in total. The van der Waals surface area contributed by atoms with Gasteiger partial charge in [-0.15, -0.1) is 0 Å². The Balaban J connectivity index is 2.80. The van der Waals surface area contributed by atoms with E-state index >= 15 is 0 Å². The van der Waals surface area contributed by atoms with Crippen LogP contribution in [-0.4, -0.2) is 35.0 Å². The van der Waals surface area contributed by atoms with Gasteiger partial charge in [-0.3, -0.25) is 9.59 Å². The number of carboxylic acid groups (broad SMARTS) is 1. The Labute approximate surface area is 140 Å². The van der Waals surface area contributed by atoms with Crippen LogP contribution in [0.2, 0.25) is 0 Å². The van der Waals surface area contributed by atoms with Crippen LogP contribution in [0, 0.1) is 11.7 Å². The number of hydrogen-bond donors (Lipinski definition) is 3. The van der Waals surface area contributed by atoms with Crippen molar-refractivity contribution in [1.29, 1.82) is 0 Å². The van der Waals surface area contributed by atoms with Crippen LogP contribution in [0.3, 0.4) is 0 Å². The largest absolute Gasteiger partial charge is 0.480 e. The summed E-state index contributed by atoms with van der Waals surface area (Å²) in [5.74, 6) is -2.38. The van der Waals surface area contributed by atoms with E-state index in [0.29, 0.717) is 12.0 Å². The summed E-state index contributed by atoms with van der Waals surface area (Å²) >= 11 is 0. The van der Waals surface area contributed by atoms with Gasteiger partial charge in [-0.1, -0.05) is 26.0 Å². The van der Waals surface area contributed by atoms with E-state index in [9.17, 15) is 23.9 Å². The van der Waals surface area contributed by atoms with E-state index in [0.717, 1.165) is 0 Å². The Morgan fingerprint density at radius 3 is 2.12 bits per heavy atom. The van der Waals surface area contributed by atoms with Crippen LogP contribution in [0.1, 0.15) is 32.8 Å². The molecule has 1 aromatic carbocycles. The number of carboxylic acids is 1. The van der Waals surface area contributed by atoms with E-state index in [4.69, 9.17) is 0 Å². The number of carbonyl (C=O) groups is 3. The number of halogens is 1. The third-order valence-corrected chi connectivity index (χ3v) is 3.37. The highest BCUT2D eigenvalue weighted by Crippen LogP contribution is 2.09. The summed E-state index contributed by atoms with van der Waals surface area (Å²) < 4.78 is 12.9. The quantitative estimate of drug-likeness (QED) is 0.669. The van der Waals surface area contributed by atoms with Gasteiger partial charge in [0.2, 0.25) is 11.8 Å². The summed E-state index contributed by atoms with van der Waals surface area (Å²) in [4.78, 5) is 35.0. The molecule has 6 nitrogen and oxygen atoms in total. The summed E-state index contributed by atoms with van der Waals surface area (Å²) in [5, 5.41) is 14.3. The number of amides is 2. The Morgan fingerprint density at radius 2 is 1.67 bits per heavy atom. The molecular formula is C17H23FN2O4. The minimum absolute atomic E-state index is 0.0236. The molecule has 0 aromatic heterocycles. The first-order valence-electron chi connectivity index (χ1n) is 7.73. The maximum absolute atomic E-state index is 12.9. The van der Waals surface area contributed by atoms with E-state index in [-0.39, 0.29) is 18.2 Å². The van der Waals surface area contributed by atoms with E-state index in [2.05, 4.69) is 10.6 Å². The topological polar surface area (TPSA) is 95.5 Å². The van der Waals surface area contributed by atoms with Crippen molar-refractivity contribution in [3.63, 3.8) is 0 Å². The van der Waals surface area contributed by atoms with Gasteiger partial charge >= 0.3 is 5.97 Å². The van der Waals surface area contributed by atoms with Crippen LogP contribution in [0.4, 0.5) is 4.39 Å². The third kappa shape index (κ3) is 6.76. The molecule has 0 heterocycles. The predicted octanol–water partition coefficient (Wildman–Crippen LogP) is 1.49. The number of rotatable bonds is 8. The predicted molar refractivity (Wildman–Crippen MR) is 86.7 cm³/mol. The van der Waals surface area contributed by atoms with Crippen molar-refractivity contribution in [2.45, 2.75) is 45.7 Å². The van der Waals surface area contributed by atoms with Gasteiger partial charge in [-0.05, 0) is 30.0 Å². The molecule has 1 rings (SSSR count). The van der Waals surface area contributed by atoms with Crippen LogP contribution in [0.15, 0.2) is 24.3 Å². The normalized spacial score (nSPS) is 13.2. The van der Waals surface area contributed by atoms with Gasteiger partial charge < -0.3 is 15.7 Å². The monoisotopic (exact) mass is 338 g/mol. The van der Waals surface area contributed by atoms with Crippen LogP contribution in [-0.2, 0) is 20.8 Å². The number of carbonyl (C=O) groups excluding carboxylic acids is 2. The van der Waals surface area contributed by atoms with Gasteiger partial charge in [0.15, 0.2) is 0 Å². The molecule has 1 aromatic rings.